The SMILES string of the molecule is CCCCCCCCCCCCCCCCCCCCCC(=O)O[C@H](COC(=O)CCCCCCCCCCCCCCCCCCCC)COP(=O)(O)OC[C@@H](O)COP(=O)(O)OC[C@@H](COC(=O)CCCCCCCCCCCC(C)C)OC(=O)CCCCCCCCCCCCCCCCC(C)C. The van der Waals surface area contributed by atoms with Gasteiger partial charge in [-0.25, -0.2) is 9.13 Å². The lowest BCUT2D eigenvalue weighted by molar-refractivity contribution is -0.161. The van der Waals surface area contributed by atoms with E-state index in [0.717, 1.165) is 102 Å². The molecule has 0 aliphatic heterocycles. The fraction of sp³-hybridized carbons (Fsp3) is 0.954. The van der Waals surface area contributed by atoms with Crippen molar-refractivity contribution in [2.24, 2.45) is 11.8 Å². The molecule has 0 saturated carbocycles. The smallest absolute Gasteiger partial charge is 0.462 e. The third kappa shape index (κ3) is 80.1. The number of ether oxygens (including phenoxy) is 4. The van der Waals surface area contributed by atoms with E-state index < -0.39 is 97.5 Å². The maximum Gasteiger partial charge on any atom is 0.472 e. The van der Waals surface area contributed by atoms with Gasteiger partial charge in [0.25, 0.3) is 0 Å². The molecule has 0 spiro atoms. The highest BCUT2D eigenvalue weighted by Crippen LogP contribution is 2.45. The third-order valence-corrected chi connectivity index (χ3v) is 22.4. The Balaban J connectivity index is 5.26. The average Bonchev–Trinajstić information content (AvgIpc) is 0.928. The van der Waals surface area contributed by atoms with Crippen LogP contribution in [0.4, 0.5) is 0 Å². The first kappa shape index (κ1) is 104. The molecule has 3 N–H and O–H groups in total. The highest BCUT2D eigenvalue weighted by Gasteiger charge is 2.30. The Morgan fingerprint density at radius 2 is 0.434 bits per heavy atom. The number of unbranched alkanes of at least 4 members (excludes halogenated alkanes) is 56. The van der Waals surface area contributed by atoms with Crippen LogP contribution < -0.4 is 0 Å². The number of esters is 4. The second kappa shape index (κ2) is 78.3. The highest BCUT2D eigenvalue weighted by molar-refractivity contribution is 7.47. The summed E-state index contributed by atoms with van der Waals surface area (Å²) >= 11 is 0. The maximum absolute atomic E-state index is 13.2. The zero-order valence-corrected chi connectivity index (χ0v) is 71.5. The molecule has 5 atom stereocenters. The molecule has 0 aromatic rings. The second-order valence-corrected chi connectivity index (χ2v) is 35.1. The molecular formula is C87H170O17P2. The summed E-state index contributed by atoms with van der Waals surface area (Å²) in [6.07, 6.45) is 70.8. The number of rotatable bonds is 86. The Labute approximate surface area is 651 Å². The van der Waals surface area contributed by atoms with Gasteiger partial charge in [0.1, 0.15) is 19.3 Å². The lowest BCUT2D eigenvalue weighted by Gasteiger charge is -2.21. The number of carbonyl (C=O) groups excluding carboxylic acids is 4. The predicted octanol–water partition coefficient (Wildman–Crippen LogP) is 26.6. The first-order chi connectivity index (χ1) is 51.4. The molecule has 630 valence electrons. The van der Waals surface area contributed by atoms with E-state index >= 15 is 0 Å². The topological polar surface area (TPSA) is 237 Å². The van der Waals surface area contributed by atoms with E-state index in [1.165, 1.54) is 283 Å². The zero-order chi connectivity index (χ0) is 77.8. The molecule has 0 aliphatic rings. The van der Waals surface area contributed by atoms with Gasteiger partial charge in [0.05, 0.1) is 26.4 Å². The van der Waals surface area contributed by atoms with Gasteiger partial charge in [0.15, 0.2) is 12.2 Å². The van der Waals surface area contributed by atoms with Crippen molar-refractivity contribution in [2.45, 2.75) is 484 Å². The highest BCUT2D eigenvalue weighted by atomic mass is 31.2. The van der Waals surface area contributed by atoms with Gasteiger partial charge in [-0.1, -0.05) is 414 Å². The van der Waals surface area contributed by atoms with Crippen molar-refractivity contribution in [3.8, 4) is 0 Å². The second-order valence-electron chi connectivity index (χ2n) is 32.2. The fourth-order valence-corrected chi connectivity index (χ4v) is 15.2. The van der Waals surface area contributed by atoms with Crippen molar-refractivity contribution in [3.63, 3.8) is 0 Å². The summed E-state index contributed by atoms with van der Waals surface area (Å²) in [5, 5.41) is 10.7. The lowest BCUT2D eigenvalue weighted by atomic mass is 10.0. The van der Waals surface area contributed by atoms with E-state index in [-0.39, 0.29) is 25.7 Å². The Kier molecular flexibility index (Phi) is 76.9. The molecule has 2 unspecified atom stereocenters. The first-order valence-electron chi connectivity index (χ1n) is 45.0. The number of aliphatic hydroxyl groups is 1. The minimum absolute atomic E-state index is 0.108. The van der Waals surface area contributed by atoms with Crippen LogP contribution in [0.1, 0.15) is 465 Å². The maximum atomic E-state index is 13.2. The minimum atomic E-state index is -4.97. The van der Waals surface area contributed by atoms with Crippen LogP contribution in [0.15, 0.2) is 0 Å². The zero-order valence-electron chi connectivity index (χ0n) is 69.7. The van der Waals surface area contributed by atoms with Crippen LogP contribution >= 0.6 is 15.6 Å². The van der Waals surface area contributed by atoms with Crippen LogP contribution in [0.2, 0.25) is 0 Å². The van der Waals surface area contributed by atoms with Crippen molar-refractivity contribution in [1.29, 1.82) is 0 Å². The average molecular weight is 1550 g/mol. The van der Waals surface area contributed by atoms with Crippen molar-refractivity contribution in [3.05, 3.63) is 0 Å². The van der Waals surface area contributed by atoms with E-state index in [0.29, 0.717) is 25.7 Å². The first-order valence-corrected chi connectivity index (χ1v) is 48.0. The van der Waals surface area contributed by atoms with Crippen LogP contribution in [-0.4, -0.2) is 96.7 Å². The van der Waals surface area contributed by atoms with E-state index in [4.69, 9.17) is 37.0 Å². The summed E-state index contributed by atoms with van der Waals surface area (Å²) < 4.78 is 69.0. The molecule has 0 radical (unpaired) electrons. The lowest BCUT2D eigenvalue weighted by Crippen LogP contribution is -2.30. The molecule has 0 amide bonds. The molecule has 0 aromatic heterocycles. The summed E-state index contributed by atoms with van der Waals surface area (Å²) in [5.74, 6) is -0.561. The summed E-state index contributed by atoms with van der Waals surface area (Å²) in [7, 11) is -9.93. The van der Waals surface area contributed by atoms with Crippen LogP contribution in [0.5, 0.6) is 0 Å². The third-order valence-electron chi connectivity index (χ3n) is 20.5. The number of carbonyl (C=O) groups is 4. The Morgan fingerprint density at radius 3 is 0.642 bits per heavy atom. The Hall–Kier alpha value is -1.94. The van der Waals surface area contributed by atoms with E-state index in [1.807, 2.05) is 0 Å². The van der Waals surface area contributed by atoms with Gasteiger partial charge < -0.3 is 33.8 Å². The van der Waals surface area contributed by atoms with Gasteiger partial charge >= 0.3 is 39.5 Å². The van der Waals surface area contributed by atoms with Crippen molar-refractivity contribution in [1.82, 2.24) is 0 Å². The molecule has 19 heteroatoms. The number of hydrogen-bond acceptors (Lipinski definition) is 15. The summed E-state index contributed by atoms with van der Waals surface area (Å²) in [5.41, 5.74) is 0. The summed E-state index contributed by atoms with van der Waals surface area (Å²) in [6.45, 7) is 9.69. The monoisotopic (exact) mass is 1550 g/mol. The Bertz CT molecular complexity index is 2030. The standard InChI is InChI=1S/C87H170O17P2/c1-7-9-11-13-15-17-19-21-23-25-27-29-31-36-40-46-53-59-65-71-86(91)103-82(75-97-84(89)69-63-57-51-45-39-35-30-28-26-24-22-20-18-16-14-12-10-8-2)77-101-105(93,94)99-73-81(88)74-100-106(95,96)102-78-83(76-98-85(90)70-64-58-52-48-42-44-50-56-62-68-80(5)6)104-87(92)72-66-60-54-47-41-37-33-32-34-38-43-49-55-61-67-79(3)4/h79-83,88H,7-78H2,1-6H3,(H,93,94)(H,95,96)/t81-,82-,83-/m1/s1. The number of phosphoric acid groups is 2. The molecule has 0 rings (SSSR count). The van der Waals surface area contributed by atoms with Crippen molar-refractivity contribution >= 4 is 39.5 Å². The Morgan fingerprint density at radius 1 is 0.255 bits per heavy atom. The van der Waals surface area contributed by atoms with E-state index in [2.05, 4.69) is 41.5 Å². The van der Waals surface area contributed by atoms with Crippen molar-refractivity contribution in [2.75, 3.05) is 39.6 Å². The molecule has 17 nitrogen and oxygen atoms in total. The van der Waals surface area contributed by atoms with Crippen molar-refractivity contribution < 1.29 is 80.2 Å². The van der Waals surface area contributed by atoms with Crippen LogP contribution in [0, 0.1) is 11.8 Å². The summed E-state index contributed by atoms with van der Waals surface area (Å²) in [6, 6.07) is 0. The van der Waals surface area contributed by atoms with Crippen LogP contribution in [0.3, 0.4) is 0 Å². The normalized spacial score (nSPS) is 13.8. The fourth-order valence-electron chi connectivity index (χ4n) is 13.6. The molecule has 0 aliphatic carbocycles. The largest absolute Gasteiger partial charge is 0.472 e. The quantitative estimate of drug-likeness (QED) is 0.0222. The molecule has 0 fully saturated rings. The number of hydrogen-bond donors (Lipinski definition) is 3. The van der Waals surface area contributed by atoms with Gasteiger partial charge in [0, 0.05) is 25.7 Å². The molecular weight excluding hydrogens is 1380 g/mol. The molecule has 0 heterocycles. The molecule has 0 bridgehead atoms. The van der Waals surface area contributed by atoms with Gasteiger partial charge in [-0.15, -0.1) is 0 Å². The van der Waals surface area contributed by atoms with Gasteiger partial charge in [-0.2, -0.15) is 0 Å². The molecule has 106 heavy (non-hydrogen) atoms. The number of phosphoric ester groups is 2. The van der Waals surface area contributed by atoms with Gasteiger partial charge in [-0.3, -0.25) is 37.3 Å². The van der Waals surface area contributed by atoms with E-state index in [1.54, 1.807) is 0 Å². The number of aliphatic hydroxyl groups excluding tert-OH is 1. The minimum Gasteiger partial charge on any atom is -0.462 e. The van der Waals surface area contributed by atoms with Gasteiger partial charge in [-0.05, 0) is 37.5 Å². The van der Waals surface area contributed by atoms with E-state index in [9.17, 15) is 43.2 Å². The van der Waals surface area contributed by atoms with Gasteiger partial charge in [0.2, 0.25) is 0 Å². The predicted molar refractivity (Wildman–Crippen MR) is 437 cm³/mol. The summed E-state index contributed by atoms with van der Waals surface area (Å²) in [4.78, 5) is 73.3. The van der Waals surface area contributed by atoms with Crippen LogP contribution in [0.25, 0.3) is 0 Å². The van der Waals surface area contributed by atoms with Crippen LogP contribution in [-0.2, 0) is 65.4 Å². The molecule has 0 saturated heterocycles. The molecule has 0 aromatic carbocycles.